The van der Waals surface area contributed by atoms with Gasteiger partial charge in [-0.25, -0.2) is 0 Å². The number of hydrogen-bond acceptors (Lipinski definition) is 1. The van der Waals surface area contributed by atoms with Gasteiger partial charge >= 0.3 is 0 Å². The number of carbonyl (C=O) groups excluding carboxylic acids is 1. The molecule has 0 fully saturated rings. The lowest BCUT2D eigenvalue weighted by Crippen LogP contribution is -2.06. The number of Topliss-reactive ketones (excluding diaryl/α,β-unsaturated/α-hetero) is 1. The summed E-state index contributed by atoms with van der Waals surface area (Å²) in [6.07, 6.45) is 0.884. The monoisotopic (exact) mass is 118 g/mol. The highest BCUT2D eigenvalue weighted by molar-refractivity contribution is 7.16. The van der Waals surface area contributed by atoms with Gasteiger partial charge in [-0.3, -0.25) is 4.79 Å². The summed E-state index contributed by atoms with van der Waals surface area (Å²) in [5, 5.41) is 0. The highest BCUT2D eigenvalue weighted by Crippen LogP contribution is 1.99. The fourth-order valence-corrected chi connectivity index (χ4v) is 0.498. The first-order valence-corrected chi connectivity index (χ1v) is 3.20. The van der Waals surface area contributed by atoms with Crippen LogP contribution in [0.25, 0.3) is 0 Å². The van der Waals surface area contributed by atoms with E-state index in [1.54, 1.807) is 6.92 Å². The molecule has 0 aliphatic carbocycles. The van der Waals surface area contributed by atoms with Gasteiger partial charge in [-0.1, -0.05) is 6.92 Å². The van der Waals surface area contributed by atoms with E-state index in [-0.39, 0.29) is 11.7 Å². The second-order valence-electron chi connectivity index (χ2n) is 1.75. The average molecular weight is 118 g/mol. The molecule has 0 spiro atoms. The van der Waals surface area contributed by atoms with Gasteiger partial charge in [-0.15, -0.1) is 9.24 Å². The average Bonchev–Trinajstić information content (AvgIpc) is 1.65. The standard InChI is InChI=1S/C5H11OP/c1-4(3-7)5(2)6/h4H,3,7H2,1-2H3. The van der Waals surface area contributed by atoms with Gasteiger partial charge in [0.2, 0.25) is 0 Å². The molecule has 2 heteroatoms. The van der Waals surface area contributed by atoms with Gasteiger partial charge in [0, 0.05) is 5.92 Å². The van der Waals surface area contributed by atoms with E-state index in [1.165, 1.54) is 0 Å². The third-order valence-electron chi connectivity index (χ3n) is 1.05. The molecule has 0 aliphatic rings. The Bertz CT molecular complexity index is 70.5. The third kappa shape index (κ3) is 2.76. The molecule has 0 bridgehead atoms. The summed E-state index contributed by atoms with van der Waals surface area (Å²) >= 11 is 0. The fraction of sp³-hybridized carbons (Fsp3) is 0.800. The molecule has 0 radical (unpaired) electrons. The molecular weight excluding hydrogens is 107 g/mol. The lowest BCUT2D eigenvalue weighted by molar-refractivity contribution is -0.119. The zero-order valence-electron chi connectivity index (χ0n) is 4.77. The number of carbonyl (C=O) groups is 1. The van der Waals surface area contributed by atoms with Gasteiger partial charge in [0.1, 0.15) is 5.78 Å². The van der Waals surface area contributed by atoms with E-state index in [0.717, 1.165) is 6.16 Å². The first-order chi connectivity index (χ1) is 3.18. The van der Waals surface area contributed by atoms with Crippen LogP contribution in [0.15, 0.2) is 0 Å². The summed E-state index contributed by atoms with van der Waals surface area (Å²) in [4.78, 5) is 10.4. The highest BCUT2D eigenvalue weighted by atomic mass is 31.0. The molecule has 1 nitrogen and oxygen atoms in total. The summed E-state index contributed by atoms with van der Waals surface area (Å²) in [5.74, 6) is 0.500. The van der Waals surface area contributed by atoms with Crippen LogP contribution in [0, 0.1) is 5.92 Å². The van der Waals surface area contributed by atoms with Gasteiger partial charge in [0.05, 0.1) is 0 Å². The Morgan fingerprint density at radius 1 is 1.86 bits per heavy atom. The van der Waals surface area contributed by atoms with E-state index in [9.17, 15) is 4.79 Å². The lowest BCUT2D eigenvalue weighted by atomic mass is 10.1. The summed E-state index contributed by atoms with van der Waals surface area (Å²) in [6.45, 7) is 3.55. The SMILES string of the molecule is CC(=O)C(C)CP. The van der Waals surface area contributed by atoms with Crippen LogP contribution in [0.3, 0.4) is 0 Å². The molecule has 0 saturated carbocycles. The molecule has 0 rings (SSSR count). The second kappa shape index (κ2) is 3.15. The number of ketones is 1. The maximum Gasteiger partial charge on any atom is 0.132 e. The van der Waals surface area contributed by atoms with Gasteiger partial charge in [-0.05, 0) is 13.1 Å². The molecule has 0 heterocycles. The lowest BCUT2D eigenvalue weighted by Gasteiger charge is -1.98. The Balaban J connectivity index is 3.34. The first kappa shape index (κ1) is 7.10. The van der Waals surface area contributed by atoms with Crippen molar-refractivity contribution in [2.24, 2.45) is 5.92 Å². The molecule has 0 amide bonds. The van der Waals surface area contributed by atoms with Crippen LogP contribution >= 0.6 is 9.24 Å². The third-order valence-corrected chi connectivity index (χ3v) is 1.75. The minimum atomic E-state index is 0.227. The summed E-state index contributed by atoms with van der Waals surface area (Å²) in [6, 6.07) is 0. The molecule has 0 saturated heterocycles. The molecule has 7 heavy (non-hydrogen) atoms. The predicted octanol–water partition coefficient (Wildman–Crippen LogP) is 1.09. The molecule has 0 N–H and O–H groups in total. The molecule has 0 aromatic carbocycles. The van der Waals surface area contributed by atoms with E-state index in [1.807, 2.05) is 6.92 Å². The van der Waals surface area contributed by atoms with Crippen molar-refractivity contribution in [2.75, 3.05) is 6.16 Å². The van der Waals surface area contributed by atoms with Crippen LogP contribution in [0.5, 0.6) is 0 Å². The Kier molecular flexibility index (Phi) is 3.19. The largest absolute Gasteiger partial charge is 0.300 e. The van der Waals surface area contributed by atoms with Crippen LogP contribution in [-0.4, -0.2) is 11.9 Å². The van der Waals surface area contributed by atoms with Crippen LogP contribution in [0.4, 0.5) is 0 Å². The van der Waals surface area contributed by atoms with E-state index in [4.69, 9.17) is 0 Å². The van der Waals surface area contributed by atoms with Crippen molar-refractivity contribution in [3.8, 4) is 0 Å². The van der Waals surface area contributed by atoms with Crippen molar-refractivity contribution in [1.29, 1.82) is 0 Å². The molecule has 0 aliphatic heterocycles. The van der Waals surface area contributed by atoms with E-state index >= 15 is 0 Å². The molecular formula is C5H11OP. The minimum absolute atomic E-state index is 0.227. The Hall–Kier alpha value is 0.100. The highest BCUT2D eigenvalue weighted by Gasteiger charge is 2.01. The van der Waals surface area contributed by atoms with Crippen molar-refractivity contribution in [3.63, 3.8) is 0 Å². The van der Waals surface area contributed by atoms with Crippen molar-refractivity contribution >= 4 is 15.0 Å². The van der Waals surface area contributed by atoms with Crippen molar-refractivity contribution < 1.29 is 4.79 Å². The summed E-state index contributed by atoms with van der Waals surface area (Å²) in [7, 11) is 2.54. The van der Waals surface area contributed by atoms with Crippen LogP contribution in [0.2, 0.25) is 0 Å². The quantitative estimate of drug-likeness (QED) is 0.496. The van der Waals surface area contributed by atoms with Crippen LogP contribution in [-0.2, 0) is 4.79 Å². The van der Waals surface area contributed by atoms with Crippen LogP contribution < -0.4 is 0 Å². The minimum Gasteiger partial charge on any atom is -0.300 e. The zero-order chi connectivity index (χ0) is 5.86. The zero-order valence-corrected chi connectivity index (χ0v) is 5.92. The summed E-state index contributed by atoms with van der Waals surface area (Å²) in [5.41, 5.74) is 0. The number of hydrogen-bond donors (Lipinski definition) is 0. The fourth-order valence-electron chi connectivity index (χ4n) is 0.166. The van der Waals surface area contributed by atoms with E-state index in [2.05, 4.69) is 9.24 Å². The molecule has 0 aromatic rings. The van der Waals surface area contributed by atoms with Gasteiger partial charge in [-0.2, -0.15) is 0 Å². The predicted molar refractivity (Wildman–Crippen MR) is 34.4 cm³/mol. The Labute approximate surface area is 46.7 Å². The summed E-state index contributed by atoms with van der Waals surface area (Å²) < 4.78 is 0. The maximum atomic E-state index is 10.4. The van der Waals surface area contributed by atoms with E-state index in [0.29, 0.717) is 0 Å². The molecule has 2 atom stereocenters. The Morgan fingerprint density at radius 3 is 2.29 bits per heavy atom. The van der Waals surface area contributed by atoms with E-state index < -0.39 is 0 Å². The van der Waals surface area contributed by atoms with Crippen molar-refractivity contribution in [1.82, 2.24) is 0 Å². The van der Waals surface area contributed by atoms with Gasteiger partial charge < -0.3 is 0 Å². The number of rotatable bonds is 2. The topological polar surface area (TPSA) is 17.1 Å². The van der Waals surface area contributed by atoms with Crippen LogP contribution in [0.1, 0.15) is 13.8 Å². The van der Waals surface area contributed by atoms with Crippen molar-refractivity contribution in [3.05, 3.63) is 0 Å². The normalized spacial score (nSPS) is 13.6. The maximum absolute atomic E-state index is 10.4. The smallest absolute Gasteiger partial charge is 0.132 e. The molecule has 2 unspecified atom stereocenters. The Morgan fingerprint density at radius 2 is 2.29 bits per heavy atom. The van der Waals surface area contributed by atoms with Gasteiger partial charge in [0.15, 0.2) is 0 Å². The van der Waals surface area contributed by atoms with Gasteiger partial charge in [0.25, 0.3) is 0 Å². The molecule has 0 aromatic heterocycles. The second-order valence-corrected chi connectivity index (χ2v) is 2.22. The molecule has 42 valence electrons. The van der Waals surface area contributed by atoms with Crippen molar-refractivity contribution in [2.45, 2.75) is 13.8 Å². The first-order valence-electron chi connectivity index (χ1n) is 2.39.